The largest absolute Gasteiger partial charge is 0.416 e. The van der Waals surface area contributed by atoms with Crippen molar-refractivity contribution in [2.24, 2.45) is 0 Å². The van der Waals surface area contributed by atoms with E-state index in [0.717, 1.165) is 19.1 Å². The van der Waals surface area contributed by atoms with Gasteiger partial charge in [0.1, 0.15) is 5.82 Å². The monoisotopic (exact) mass is 383 g/mol. The quantitative estimate of drug-likeness (QED) is 0.554. The van der Waals surface area contributed by atoms with Crippen LogP contribution in [0.2, 0.25) is 0 Å². The fraction of sp³-hybridized carbons (Fsp3) is 0.316. The van der Waals surface area contributed by atoms with Crippen molar-refractivity contribution in [2.45, 2.75) is 39.4 Å². The van der Waals surface area contributed by atoms with Crippen LogP contribution in [0.1, 0.15) is 23.6 Å². The number of hydrogen-bond donors (Lipinski definition) is 1. The summed E-state index contributed by atoms with van der Waals surface area (Å²) in [5.41, 5.74) is 1.19. The third kappa shape index (κ3) is 4.04. The second kappa shape index (κ2) is 6.51. The highest BCUT2D eigenvalue weighted by atomic mass is 19.4. The van der Waals surface area contributed by atoms with Gasteiger partial charge in [0.25, 0.3) is 5.92 Å². The highest BCUT2D eigenvalue weighted by molar-refractivity contribution is 5.92. The van der Waals surface area contributed by atoms with E-state index in [1.807, 2.05) is 0 Å². The van der Waals surface area contributed by atoms with Crippen LogP contribution in [0.4, 0.5) is 33.5 Å². The summed E-state index contributed by atoms with van der Waals surface area (Å²) in [5.74, 6) is -2.47. The topological polar surface area (TPSA) is 29.9 Å². The number of nitrogens with one attached hydrogen (secondary N) is 1. The Morgan fingerprint density at radius 1 is 1.04 bits per heavy atom. The van der Waals surface area contributed by atoms with Gasteiger partial charge >= 0.3 is 6.18 Å². The van der Waals surface area contributed by atoms with Crippen molar-refractivity contribution >= 4 is 22.4 Å². The van der Waals surface area contributed by atoms with Crippen molar-refractivity contribution in [3.05, 3.63) is 53.3 Å². The van der Waals surface area contributed by atoms with Crippen LogP contribution in [-0.2, 0) is 12.7 Å². The highest BCUT2D eigenvalue weighted by Crippen LogP contribution is 2.35. The first-order valence-corrected chi connectivity index (χ1v) is 8.23. The molecule has 3 rings (SSSR count). The lowest BCUT2D eigenvalue weighted by Gasteiger charge is -2.16. The van der Waals surface area contributed by atoms with E-state index in [1.54, 1.807) is 32.2 Å². The molecular formula is C19H18F5N3. The Morgan fingerprint density at radius 3 is 2.22 bits per heavy atom. The van der Waals surface area contributed by atoms with Gasteiger partial charge < -0.3 is 9.88 Å². The summed E-state index contributed by atoms with van der Waals surface area (Å²) in [7, 11) is 0. The van der Waals surface area contributed by atoms with E-state index in [0.29, 0.717) is 33.5 Å². The molecule has 27 heavy (non-hydrogen) atoms. The van der Waals surface area contributed by atoms with Gasteiger partial charge in [0, 0.05) is 30.4 Å². The lowest BCUT2D eigenvalue weighted by atomic mass is 10.0. The molecule has 0 spiro atoms. The fourth-order valence-electron chi connectivity index (χ4n) is 3.10. The number of fused-ring (bicyclic) bond motifs is 1. The summed E-state index contributed by atoms with van der Waals surface area (Å²) in [6, 6.07) is 5.42. The minimum atomic E-state index is -4.42. The summed E-state index contributed by atoms with van der Waals surface area (Å²) >= 11 is 0. The first kappa shape index (κ1) is 19.1. The standard InChI is InChI=1S/C19H18F5N3/c1-11-8-13(19(22,23)24)9-12(2)16(11)26-17-14-5-7-27(10-18(3,20)21)15(14)4-6-25-17/h4-9H,10H2,1-3H3,(H,25,26). The van der Waals surface area contributed by atoms with Crippen LogP contribution in [0.25, 0.3) is 10.9 Å². The summed E-state index contributed by atoms with van der Waals surface area (Å²) in [6.45, 7) is 3.52. The normalized spacial score (nSPS) is 12.6. The minimum absolute atomic E-state index is 0.400. The summed E-state index contributed by atoms with van der Waals surface area (Å²) in [4.78, 5) is 4.23. The lowest BCUT2D eigenvalue weighted by molar-refractivity contribution is -0.137. The zero-order chi connectivity index (χ0) is 20.0. The van der Waals surface area contributed by atoms with Crippen LogP contribution in [0.15, 0.2) is 36.7 Å². The number of rotatable bonds is 4. The van der Waals surface area contributed by atoms with E-state index < -0.39 is 24.2 Å². The maximum atomic E-state index is 13.4. The molecule has 8 heteroatoms. The number of hydrogen-bond acceptors (Lipinski definition) is 2. The van der Waals surface area contributed by atoms with Crippen molar-refractivity contribution in [3.8, 4) is 0 Å². The second-order valence-corrected chi connectivity index (χ2v) is 6.71. The molecule has 0 aliphatic heterocycles. The molecule has 144 valence electrons. The molecule has 0 saturated carbocycles. The van der Waals surface area contributed by atoms with E-state index in [1.165, 1.54) is 10.8 Å². The van der Waals surface area contributed by atoms with E-state index in [-0.39, 0.29) is 0 Å². The summed E-state index contributed by atoms with van der Waals surface area (Å²) in [5, 5.41) is 3.67. The second-order valence-electron chi connectivity index (χ2n) is 6.71. The number of nitrogens with zero attached hydrogens (tertiary/aromatic N) is 2. The maximum absolute atomic E-state index is 13.4. The molecule has 0 unspecified atom stereocenters. The molecule has 0 bridgehead atoms. The van der Waals surface area contributed by atoms with Gasteiger partial charge in [-0.15, -0.1) is 0 Å². The van der Waals surface area contributed by atoms with Crippen LogP contribution in [-0.4, -0.2) is 15.5 Å². The summed E-state index contributed by atoms with van der Waals surface area (Å²) in [6.07, 6.45) is -1.40. The number of pyridine rings is 1. The van der Waals surface area contributed by atoms with Gasteiger partial charge in [0.05, 0.1) is 17.6 Å². The van der Waals surface area contributed by atoms with Crippen molar-refractivity contribution in [1.82, 2.24) is 9.55 Å². The highest BCUT2D eigenvalue weighted by Gasteiger charge is 2.31. The molecular weight excluding hydrogens is 365 g/mol. The number of halogens is 5. The zero-order valence-corrected chi connectivity index (χ0v) is 15.0. The molecule has 0 saturated heterocycles. The molecule has 0 fully saturated rings. The molecule has 3 nitrogen and oxygen atoms in total. The smallest absolute Gasteiger partial charge is 0.341 e. The summed E-state index contributed by atoms with van der Waals surface area (Å²) < 4.78 is 67.0. The Kier molecular flexibility index (Phi) is 4.61. The molecule has 1 N–H and O–H groups in total. The van der Waals surface area contributed by atoms with Crippen LogP contribution in [0.3, 0.4) is 0 Å². The van der Waals surface area contributed by atoms with Gasteiger partial charge in [-0.2, -0.15) is 13.2 Å². The van der Waals surface area contributed by atoms with E-state index in [4.69, 9.17) is 0 Å². The molecule has 0 aliphatic rings. The van der Waals surface area contributed by atoms with Gasteiger partial charge in [-0.3, -0.25) is 0 Å². The van der Waals surface area contributed by atoms with Gasteiger partial charge in [-0.05, 0) is 49.2 Å². The zero-order valence-electron chi connectivity index (χ0n) is 15.0. The van der Waals surface area contributed by atoms with E-state index in [2.05, 4.69) is 10.3 Å². The molecule has 2 aromatic heterocycles. The molecule has 2 heterocycles. The van der Waals surface area contributed by atoms with Gasteiger partial charge in [-0.25, -0.2) is 13.8 Å². The Morgan fingerprint density at radius 2 is 1.67 bits per heavy atom. The maximum Gasteiger partial charge on any atom is 0.416 e. The van der Waals surface area contributed by atoms with Crippen molar-refractivity contribution < 1.29 is 22.0 Å². The van der Waals surface area contributed by atoms with Crippen LogP contribution < -0.4 is 5.32 Å². The fourth-order valence-corrected chi connectivity index (χ4v) is 3.10. The molecule has 1 aromatic carbocycles. The number of aromatic nitrogens is 2. The first-order valence-electron chi connectivity index (χ1n) is 8.23. The Balaban J connectivity index is 2.01. The Hall–Kier alpha value is -2.64. The number of benzene rings is 1. The number of anilines is 2. The van der Waals surface area contributed by atoms with Crippen LogP contribution in [0, 0.1) is 13.8 Å². The minimum Gasteiger partial charge on any atom is -0.341 e. The van der Waals surface area contributed by atoms with Gasteiger partial charge in [0.15, 0.2) is 0 Å². The number of aryl methyl sites for hydroxylation is 2. The Bertz CT molecular complexity index is 960. The molecule has 0 amide bonds. The van der Waals surface area contributed by atoms with Gasteiger partial charge in [0.2, 0.25) is 0 Å². The third-order valence-corrected chi connectivity index (χ3v) is 4.25. The third-order valence-electron chi connectivity index (χ3n) is 4.25. The molecule has 0 radical (unpaired) electrons. The average molecular weight is 383 g/mol. The Labute approximate surface area is 152 Å². The van der Waals surface area contributed by atoms with Crippen molar-refractivity contribution in [3.63, 3.8) is 0 Å². The van der Waals surface area contributed by atoms with E-state index in [9.17, 15) is 22.0 Å². The average Bonchev–Trinajstić information content (AvgIpc) is 2.92. The molecule has 0 aliphatic carbocycles. The number of alkyl halides is 5. The van der Waals surface area contributed by atoms with E-state index >= 15 is 0 Å². The van der Waals surface area contributed by atoms with Crippen LogP contribution >= 0.6 is 0 Å². The molecule has 3 aromatic rings. The predicted molar refractivity (Wildman–Crippen MR) is 94.6 cm³/mol. The van der Waals surface area contributed by atoms with Crippen molar-refractivity contribution in [2.75, 3.05) is 5.32 Å². The van der Waals surface area contributed by atoms with Crippen molar-refractivity contribution in [1.29, 1.82) is 0 Å². The predicted octanol–water partition coefficient (Wildman–Crippen LogP) is 6.07. The lowest BCUT2D eigenvalue weighted by Crippen LogP contribution is -2.18. The SMILES string of the molecule is Cc1cc(C(F)(F)F)cc(C)c1Nc1nccc2c1ccn2CC(C)(F)F. The van der Waals surface area contributed by atoms with Gasteiger partial charge in [-0.1, -0.05) is 0 Å². The molecule has 0 atom stereocenters. The first-order chi connectivity index (χ1) is 12.5. The van der Waals surface area contributed by atoms with Crippen LogP contribution in [0.5, 0.6) is 0 Å².